The predicted molar refractivity (Wildman–Crippen MR) is 52.6 cm³/mol. The Balaban J connectivity index is 3.53. The number of Topliss-reactive ketones (excluding diaryl/α,β-unsaturated/α-hetero) is 1. The monoisotopic (exact) mass is 190 g/mol. The Bertz CT molecular complexity index is 164. The number of carbonyl (C=O) groups is 1. The van der Waals surface area contributed by atoms with Crippen LogP contribution >= 0.6 is 0 Å². The first-order chi connectivity index (χ1) is 5.56. The van der Waals surface area contributed by atoms with Crippen LogP contribution in [-0.2, 0) is 15.6 Å². The molecule has 1 atom stereocenters. The first-order valence-corrected chi connectivity index (χ1v) is 5.91. The average molecular weight is 190 g/mol. The van der Waals surface area contributed by atoms with Gasteiger partial charge < -0.3 is 0 Å². The summed E-state index contributed by atoms with van der Waals surface area (Å²) in [6, 6.07) is 0. The summed E-state index contributed by atoms with van der Waals surface area (Å²) in [6.07, 6.45) is 1.46. The molecule has 0 heterocycles. The molecule has 2 nitrogen and oxygen atoms in total. The highest BCUT2D eigenvalue weighted by Crippen LogP contribution is 2.01. The van der Waals surface area contributed by atoms with E-state index in [0.29, 0.717) is 18.1 Å². The number of hydrogen-bond donors (Lipinski definition) is 0. The quantitative estimate of drug-likeness (QED) is 0.639. The SMILES string of the molecule is CCC(=O)CS(=O)CCC(C)C. The topological polar surface area (TPSA) is 34.1 Å². The molecule has 12 heavy (non-hydrogen) atoms. The fraction of sp³-hybridized carbons (Fsp3) is 0.889. The van der Waals surface area contributed by atoms with Gasteiger partial charge in [-0.1, -0.05) is 20.8 Å². The third-order valence-corrected chi connectivity index (χ3v) is 2.97. The summed E-state index contributed by atoms with van der Waals surface area (Å²) in [4.78, 5) is 10.9. The van der Waals surface area contributed by atoms with Gasteiger partial charge in [-0.25, -0.2) is 0 Å². The zero-order valence-electron chi connectivity index (χ0n) is 8.13. The van der Waals surface area contributed by atoms with Crippen molar-refractivity contribution >= 4 is 16.6 Å². The van der Waals surface area contributed by atoms with Crippen LogP contribution in [0.4, 0.5) is 0 Å². The van der Waals surface area contributed by atoms with Crippen molar-refractivity contribution in [1.29, 1.82) is 0 Å². The lowest BCUT2D eigenvalue weighted by Crippen LogP contribution is -2.12. The molecule has 0 rings (SSSR count). The molecular formula is C9H18O2S. The van der Waals surface area contributed by atoms with Gasteiger partial charge in [-0.15, -0.1) is 0 Å². The summed E-state index contributed by atoms with van der Waals surface area (Å²) < 4.78 is 11.2. The number of ketones is 1. The minimum atomic E-state index is -0.920. The van der Waals surface area contributed by atoms with Gasteiger partial charge in [0.1, 0.15) is 5.78 Å². The van der Waals surface area contributed by atoms with E-state index in [0.717, 1.165) is 6.42 Å². The van der Waals surface area contributed by atoms with E-state index in [1.807, 2.05) is 6.92 Å². The standard InChI is InChI=1S/C9H18O2S/c1-4-9(10)7-12(11)6-5-8(2)3/h8H,4-7H2,1-3H3. The van der Waals surface area contributed by atoms with Gasteiger partial charge in [0.2, 0.25) is 0 Å². The van der Waals surface area contributed by atoms with E-state index >= 15 is 0 Å². The molecule has 0 aromatic rings. The predicted octanol–water partition coefficient (Wildman–Crippen LogP) is 1.76. The first kappa shape index (κ1) is 11.8. The lowest BCUT2D eigenvalue weighted by atomic mass is 10.2. The second-order valence-electron chi connectivity index (χ2n) is 3.36. The molecule has 0 aliphatic rings. The summed E-state index contributed by atoms with van der Waals surface area (Å²) in [5.41, 5.74) is 0. The van der Waals surface area contributed by atoms with Gasteiger partial charge in [0.05, 0.1) is 5.75 Å². The molecule has 0 aromatic heterocycles. The van der Waals surface area contributed by atoms with Crippen molar-refractivity contribution < 1.29 is 9.00 Å². The zero-order valence-corrected chi connectivity index (χ0v) is 8.95. The molecule has 0 aliphatic carbocycles. The van der Waals surface area contributed by atoms with Crippen LogP contribution in [0.1, 0.15) is 33.6 Å². The Morgan fingerprint density at radius 2 is 2.00 bits per heavy atom. The van der Waals surface area contributed by atoms with Gasteiger partial charge >= 0.3 is 0 Å². The third-order valence-electron chi connectivity index (χ3n) is 1.64. The summed E-state index contributed by atoms with van der Waals surface area (Å²) in [7, 11) is -0.920. The molecule has 0 spiro atoms. The fourth-order valence-electron chi connectivity index (χ4n) is 0.721. The van der Waals surface area contributed by atoms with Crippen molar-refractivity contribution in [2.24, 2.45) is 5.92 Å². The Hall–Kier alpha value is -0.180. The van der Waals surface area contributed by atoms with E-state index in [2.05, 4.69) is 13.8 Å². The summed E-state index contributed by atoms with van der Waals surface area (Å²) in [5, 5.41) is 0. The van der Waals surface area contributed by atoms with Crippen LogP contribution in [0.2, 0.25) is 0 Å². The van der Waals surface area contributed by atoms with Crippen LogP contribution in [0.3, 0.4) is 0 Å². The average Bonchev–Trinajstić information content (AvgIpc) is 2.00. The van der Waals surface area contributed by atoms with Crippen LogP contribution in [0.25, 0.3) is 0 Å². The molecule has 0 aromatic carbocycles. The zero-order chi connectivity index (χ0) is 9.56. The van der Waals surface area contributed by atoms with E-state index in [1.165, 1.54) is 0 Å². The molecule has 0 fully saturated rings. The molecule has 0 aliphatic heterocycles. The van der Waals surface area contributed by atoms with E-state index < -0.39 is 10.8 Å². The highest BCUT2D eigenvalue weighted by Gasteiger charge is 2.06. The van der Waals surface area contributed by atoms with Crippen molar-refractivity contribution in [2.45, 2.75) is 33.6 Å². The van der Waals surface area contributed by atoms with Gasteiger partial charge in [0.15, 0.2) is 0 Å². The lowest BCUT2D eigenvalue weighted by molar-refractivity contribution is -0.116. The minimum Gasteiger partial charge on any atom is -0.299 e. The first-order valence-electron chi connectivity index (χ1n) is 4.43. The van der Waals surface area contributed by atoms with Crippen LogP contribution in [-0.4, -0.2) is 21.5 Å². The van der Waals surface area contributed by atoms with Crippen LogP contribution in [0.15, 0.2) is 0 Å². The maximum Gasteiger partial charge on any atom is 0.145 e. The Morgan fingerprint density at radius 3 is 2.42 bits per heavy atom. The molecule has 0 amide bonds. The van der Waals surface area contributed by atoms with E-state index in [9.17, 15) is 9.00 Å². The van der Waals surface area contributed by atoms with Crippen molar-refractivity contribution in [1.82, 2.24) is 0 Å². The van der Waals surface area contributed by atoms with Crippen molar-refractivity contribution in [2.75, 3.05) is 11.5 Å². The molecule has 0 saturated carbocycles. The lowest BCUT2D eigenvalue weighted by Gasteiger charge is -2.03. The summed E-state index contributed by atoms with van der Waals surface area (Å²) in [5.74, 6) is 1.61. The number of hydrogen-bond acceptors (Lipinski definition) is 2. The largest absolute Gasteiger partial charge is 0.299 e. The molecule has 3 heteroatoms. The van der Waals surface area contributed by atoms with Gasteiger partial charge in [0.25, 0.3) is 0 Å². The Morgan fingerprint density at radius 1 is 1.42 bits per heavy atom. The second kappa shape index (κ2) is 6.35. The molecule has 0 saturated heterocycles. The molecule has 0 bridgehead atoms. The maximum atomic E-state index is 11.2. The minimum absolute atomic E-state index is 0.108. The van der Waals surface area contributed by atoms with Crippen molar-refractivity contribution in [3.8, 4) is 0 Å². The Kier molecular flexibility index (Phi) is 6.25. The molecule has 0 radical (unpaired) electrons. The third kappa shape index (κ3) is 6.53. The van der Waals surface area contributed by atoms with Gasteiger partial charge in [-0.3, -0.25) is 9.00 Å². The van der Waals surface area contributed by atoms with E-state index in [4.69, 9.17) is 0 Å². The Labute approximate surface area is 77.2 Å². The van der Waals surface area contributed by atoms with E-state index in [-0.39, 0.29) is 11.5 Å². The highest BCUT2D eigenvalue weighted by molar-refractivity contribution is 7.85. The summed E-state index contributed by atoms with van der Waals surface area (Å²) in [6.45, 7) is 6.00. The number of rotatable bonds is 6. The second-order valence-corrected chi connectivity index (χ2v) is 4.94. The molecule has 0 N–H and O–H groups in total. The maximum absolute atomic E-state index is 11.2. The van der Waals surface area contributed by atoms with Gasteiger partial charge in [-0.2, -0.15) is 0 Å². The van der Waals surface area contributed by atoms with Crippen LogP contribution in [0, 0.1) is 5.92 Å². The summed E-state index contributed by atoms with van der Waals surface area (Å²) >= 11 is 0. The van der Waals surface area contributed by atoms with Gasteiger partial charge in [0, 0.05) is 23.0 Å². The van der Waals surface area contributed by atoms with Crippen LogP contribution < -0.4 is 0 Å². The molecule has 1 unspecified atom stereocenters. The molecular weight excluding hydrogens is 172 g/mol. The number of carbonyl (C=O) groups excluding carboxylic acids is 1. The van der Waals surface area contributed by atoms with Gasteiger partial charge in [-0.05, 0) is 12.3 Å². The normalized spacial score (nSPS) is 13.3. The smallest absolute Gasteiger partial charge is 0.145 e. The van der Waals surface area contributed by atoms with Crippen LogP contribution in [0.5, 0.6) is 0 Å². The van der Waals surface area contributed by atoms with Crippen molar-refractivity contribution in [3.63, 3.8) is 0 Å². The molecule has 72 valence electrons. The van der Waals surface area contributed by atoms with E-state index in [1.54, 1.807) is 0 Å². The fourth-order valence-corrected chi connectivity index (χ4v) is 2.16. The highest BCUT2D eigenvalue weighted by atomic mass is 32.2. The van der Waals surface area contributed by atoms with Crippen molar-refractivity contribution in [3.05, 3.63) is 0 Å².